The molecular formula is C10H14N4O2. The molecule has 1 aliphatic rings. The predicted octanol–water partition coefficient (Wildman–Crippen LogP) is -0.326. The number of nitrogens with zero attached hydrogens (tertiary/aromatic N) is 3. The summed E-state index contributed by atoms with van der Waals surface area (Å²) >= 11 is 0. The molecule has 0 radical (unpaired) electrons. The second kappa shape index (κ2) is 4.05. The first-order chi connectivity index (χ1) is 7.56. The number of nitrogen functional groups attached to an aromatic ring is 1. The number of fused-ring (bicyclic) bond motifs is 1. The number of rotatable bonds is 2. The third kappa shape index (κ3) is 2.11. The Morgan fingerprint density at radius 2 is 2.31 bits per heavy atom. The molecule has 0 aromatic carbocycles. The van der Waals surface area contributed by atoms with E-state index in [1.54, 1.807) is 0 Å². The summed E-state index contributed by atoms with van der Waals surface area (Å²) in [4.78, 5) is 21.0. The third-order valence-corrected chi connectivity index (χ3v) is 2.67. The fourth-order valence-corrected chi connectivity index (χ4v) is 1.93. The minimum absolute atomic E-state index is 0.0944. The van der Waals surface area contributed by atoms with Gasteiger partial charge in [0, 0.05) is 25.1 Å². The van der Waals surface area contributed by atoms with Gasteiger partial charge in [-0.2, -0.15) is 0 Å². The molecule has 86 valence electrons. The van der Waals surface area contributed by atoms with E-state index in [0.717, 1.165) is 24.2 Å². The number of likely N-dealkylation sites (N-methyl/N-ethyl adjacent to an activating group) is 1. The van der Waals surface area contributed by atoms with Gasteiger partial charge in [0.2, 0.25) is 5.95 Å². The highest BCUT2D eigenvalue weighted by Crippen LogP contribution is 2.20. The van der Waals surface area contributed by atoms with Crippen molar-refractivity contribution >= 4 is 11.9 Å². The summed E-state index contributed by atoms with van der Waals surface area (Å²) < 4.78 is 0. The van der Waals surface area contributed by atoms with Crippen LogP contribution in [-0.2, 0) is 24.2 Å². The Balaban J connectivity index is 2.42. The average molecular weight is 222 g/mol. The number of hydrogen-bond acceptors (Lipinski definition) is 5. The molecule has 0 saturated carbocycles. The molecule has 0 atom stereocenters. The van der Waals surface area contributed by atoms with Crippen LogP contribution in [0.4, 0.5) is 5.95 Å². The maximum absolute atomic E-state index is 10.7. The van der Waals surface area contributed by atoms with E-state index in [1.165, 1.54) is 0 Å². The molecule has 6 heteroatoms. The molecule has 6 nitrogen and oxygen atoms in total. The number of aliphatic carboxylic acids is 1. The lowest BCUT2D eigenvalue weighted by molar-refractivity contribution is -0.136. The summed E-state index contributed by atoms with van der Waals surface area (Å²) in [7, 11) is 1.99. The first-order valence-electron chi connectivity index (χ1n) is 5.10. The number of carboxylic acids is 1. The van der Waals surface area contributed by atoms with Gasteiger partial charge in [-0.3, -0.25) is 4.79 Å². The van der Waals surface area contributed by atoms with Gasteiger partial charge in [0.05, 0.1) is 17.8 Å². The van der Waals surface area contributed by atoms with Crippen LogP contribution in [0.25, 0.3) is 0 Å². The quantitative estimate of drug-likeness (QED) is 0.712. The zero-order valence-corrected chi connectivity index (χ0v) is 9.10. The monoisotopic (exact) mass is 222 g/mol. The Bertz CT molecular complexity index is 433. The third-order valence-electron chi connectivity index (χ3n) is 2.67. The molecule has 16 heavy (non-hydrogen) atoms. The Morgan fingerprint density at radius 3 is 3.00 bits per heavy atom. The molecule has 0 unspecified atom stereocenters. The largest absolute Gasteiger partial charge is 0.481 e. The number of nitrogens with two attached hydrogens (primary N) is 1. The molecule has 0 fully saturated rings. The van der Waals surface area contributed by atoms with E-state index in [9.17, 15) is 4.79 Å². The molecule has 0 amide bonds. The minimum Gasteiger partial charge on any atom is -0.481 e. The van der Waals surface area contributed by atoms with Crippen LogP contribution in [0.5, 0.6) is 0 Å². The van der Waals surface area contributed by atoms with Gasteiger partial charge in [-0.05, 0) is 7.05 Å². The summed E-state index contributed by atoms with van der Waals surface area (Å²) in [6.07, 6.45) is 0.702. The van der Waals surface area contributed by atoms with Crippen molar-refractivity contribution in [3.8, 4) is 0 Å². The van der Waals surface area contributed by atoms with Crippen molar-refractivity contribution < 1.29 is 9.90 Å². The van der Waals surface area contributed by atoms with Gasteiger partial charge in [0.25, 0.3) is 0 Å². The lowest BCUT2D eigenvalue weighted by Crippen LogP contribution is -2.29. The summed E-state index contributed by atoms with van der Waals surface area (Å²) in [6, 6.07) is 0. The van der Waals surface area contributed by atoms with E-state index in [0.29, 0.717) is 12.2 Å². The SMILES string of the molecule is CN1CCc2nc(N)nc(CC(=O)O)c2C1. The Labute approximate surface area is 93.1 Å². The highest BCUT2D eigenvalue weighted by atomic mass is 16.4. The molecule has 0 bridgehead atoms. The average Bonchev–Trinajstić information content (AvgIpc) is 2.18. The van der Waals surface area contributed by atoms with Crippen molar-refractivity contribution in [1.29, 1.82) is 0 Å². The highest BCUT2D eigenvalue weighted by Gasteiger charge is 2.20. The molecule has 3 N–H and O–H groups in total. The molecule has 1 aromatic rings. The lowest BCUT2D eigenvalue weighted by atomic mass is 10.0. The van der Waals surface area contributed by atoms with Crippen LogP contribution < -0.4 is 5.73 Å². The van der Waals surface area contributed by atoms with Crippen LogP contribution in [0.2, 0.25) is 0 Å². The van der Waals surface area contributed by atoms with Crippen LogP contribution in [0.1, 0.15) is 17.0 Å². The summed E-state index contributed by atoms with van der Waals surface area (Å²) in [6.45, 7) is 1.61. The molecule has 0 spiro atoms. The summed E-state index contributed by atoms with van der Waals surface area (Å²) in [5, 5.41) is 8.81. The van der Waals surface area contributed by atoms with Crippen LogP contribution >= 0.6 is 0 Å². The molecule has 0 saturated heterocycles. The Kier molecular flexibility index (Phi) is 2.74. The van der Waals surface area contributed by atoms with Crippen LogP contribution in [0.15, 0.2) is 0 Å². The molecular weight excluding hydrogens is 208 g/mol. The van der Waals surface area contributed by atoms with Crippen LogP contribution in [-0.4, -0.2) is 39.5 Å². The van der Waals surface area contributed by atoms with Gasteiger partial charge >= 0.3 is 5.97 Å². The van der Waals surface area contributed by atoms with Gasteiger partial charge in [0.15, 0.2) is 0 Å². The number of aromatic nitrogens is 2. The van der Waals surface area contributed by atoms with Gasteiger partial charge in [0.1, 0.15) is 0 Å². The van der Waals surface area contributed by atoms with Crippen molar-refractivity contribution in [2.45, 2.75) is 19.4 Å². The first kappa shape index (κ1) is 10.8. The lowest BCUT2D eigenvalue weighted by Gasteiger charge is -2.25. The highest BCUT2D eigenvalue weighted by molar-refractivity contribution is 5.70. The van der Waals surface area contributed by atoms with Crippen LogP contribution in [0, 0.1) is 0 Å². The second-order valence-electron chi connectivity index (χ2n) is 4.01. The first-order valence-corrected chi connectivity index (χ1v) is 5.10. The van der Waals surface area contributed by atoms with Gasteiger partial charge in [-0.25, -0.2) is 9.97 Å². The van der Waals surface area contributed by atoms with E-state index in [-0.39, 0.29) is 12.4 Å². The van der Waals surface area contributed by atoms with Gasteiger partial charge < -0.3 is 15.7 Å². The molecule has 1 aromatic heterocycles. The van der Waals surface area contributed by atoms with Gasteiger partial charge in [-0.15, -0.1) is 0 Å². The fraction of sp³-hybridized carbons (Fsp3) is 0.500. The number of anilines is 1. The summed E-state index contributed by atoms with van der Waals surface area (Å²) in [5.41, 5.74) is 7.92. The van der Waals surface area contributed by atoms with E-state index in [2.05, 4.69) is 14.9 Å². The topological polar surface area (TPSA) is 92.3 Å². The molecule has 1 aliphatic heterocycles. The molecule has 2 heterocycles. The van der Waals surface area contributed by atoms with Crippen molar-refractivity contribution in [3.63, 3.8) is 0 Å². The molecule has 2 rings (SSSR count). The van der Waals surface area contributed by atoms with E-state index in [4.69, 9.17) is 10.8 Å². The maximum atomic E-state index is 10.7. The van der Waals surface area contributed by atoms with Crippen molar-refractivity contribution in [2.24, 2.45) is 0 Å². The zero-order valence-electron chi connectivity index (χ0n) is 9.10. The van der Waals surface area contributed by atoms with E-state index in [1.807, 2.05) is 7.05 Å². The predicted molar refractivity (Wildman–Crippen MR) is 57.8 cm³/mol. The number of carboxylic acid groups (broad SMARTS) is 1. The Morgan fingerprint density at radius 1 is 1.56 bits per heavy atom. The standard InChI is InChI=1S/C10H14N4O2/c1-14-3-2-7-6(5-14)8(4-9(15)16)13-10(11)12-7/h2-5H2,1H3,(H,15,16)(H2,11,12,13). The smallest absolute Gasteiger partial charge is 0.309 e. The van der Waals surface area contributed by atoms with Crippen molar-refractivity contribution in [1.82, 2.24) is 14.9 Å². The normalized spacial score (nSPS) is 15.8. The second-order valence-corrected chi connectivity index (χ2v) is 4.01. The fourth-order valence-electron chi connectivity index (χ4n) is 1.93. The van der Waals surface area contributed by atoms with E-state index >= 15 is 0 Å². The zero-order chi connectivity index (χ0) is 11.7. The van der Waals surface area contributed by atoms with Gasteiger partial charge in [-0.1, -0.05) is 0 Å². The van der Waals surface area contributed by atoms with Crippen LogP contribution in [0.3, 0.4) is 0 Å². The Hall–Kier alpha value is -1.69. The van der Waals surface area contributed by atoms with Crippen molar-refractivity contribution in [3.05, 3.63) is 17.0 Å². The number of hydrogen-bond donors (Lipinski definition) is 2. The van der Waals surface area contributed by atoms with Crippen molar-refractivity contribution in [2.75, 3.05) is 19.3 Å². The van der Waals surface area contributed by atoms with E-state index < -0.39 is 5.97 Å². The maximum Gasteiger partial charge on any atom is 0.309 e. The molecule has 0 aliphatic carbocycles. The summed E-state index contributed by atoms with van der Waals surface area (Å²) in [5.74, 6) is -0.729. The minimum atomic E-state index is -0.895. The number of carbonyl (C=O) groups is 1.